The maximum atomic E-state index is 13.7. The molecule has 0 unspecified atom stereocenters. The number of anilines is 1. The van der Waals surface area contributed by atoms with Crippen LogP contribution in [0.3, 0.4) is 0 Å². The molecule has 1 aromatic heterocycles. The second kappa shape index (κ2) is 6.78. The lowest BCUT2D eigenvalue weighted by Crippen LogP contribution is -2.45. The summed E-state index contributed by atoms with van der Waals surface area (Å²) >= 11 is 0. The average molecular weight is 354 g/mol. The second-order valence-electron chi connectivity index (χ2n) is 5.51. The topological polar surface area (TPSA) is 75.2 Å². The van der Waals surface area contributed by atoms with Gasteiger partial charge in [0.1, 0.15) is 16.5 Å². The van der Waals surface area contributed by atoms with Crippen LogP contribution < -0.4 is 9.62 Å². The normalized spacial score (nSPS) is 16.3. The van der Waals surface area contributed by atoms with Gasteiger partial charge in [-0.25, -0.2) is 31.9 Å². The van der Waals surface area contributed by atoms with Crippen molar-refractivity contribution in [3.63, 3.8) is 0 Å². The summed E-state index contributed by atoms with van der Waals surface area (Å²) in [6.45, 7) is 1.17. The number of aromatic nitrogens is 2. The van der Waals surface area contributed by atoms with Gasteiger partial charge in [0.2, 0.25) is 16.0 Å². The molecule has 1 aromatic carbocycles. The number of halogens is 2. The van der Waals surface area contributed by atoms with Crippen LogP contribution in [0.5, 0.6) is 0 Å². The summed E-state index contributed by atoms with van der Waals surface area (Å²) in [7, 11) is -4.03. The minimum absolute atomic E-state index is 0.320. The van der Waals surface area contributed by atoms with Crippen molar-refractivity contribution in [2.24, 2.45) is 0 Å². The molecule has 0 saturated carbocycles. The van der Waals surface area contributed by atoms with Crippen LogP contribution in [0, 0.1) is 11.6 Å². The van der Waals surface area contributed by atoms with E-state index in [1.807, 2.05) is 4.90 Å². The van der Waals surface area contributed by atoms with Gasteiger partial charge >= 0.3 is 0 Å². The maximum Gasteiger partial charge on any atom is 0.243 e. The van der Waals surface area contributed by atoms with Gasteiger partial charge in [0.25, 0.3) is 0 Å². The van der Waals surface area contributed by atoms with Gasteiger partial charge in [-0.1, -0.05) is 0 Å². The quantitative estimate of drug-likeness (QED) is 0.905. The molecule has 0 aliphatic carbocycles. The van der Waals surface area contributed by atoms with E-state index >= 15 is 0 Å². The van der Waals surface area contributed by atoms with E-state index in [1.54, 1.807) is 18.5 Å². The molecule has 0 amide bonds. The molecule has 1 aliphatic rings. The predicted octanol–water partition coefficient (Wildman–Crippen LogP) is 1.70. The van der Waals surface area contributed by atoms with Crippen molar-refractivity contribution in [3.8, 4) is 0 Å². The first-order valence-electron chi connectivity index (χ1n) is 7.45. The van der Waals surface area contributed by atoms with Crippen molar-refractivity contribution >= 4 is 16.0 Å². The Bertz CT molecular complexity index is 809. The van der Waals surface area contributed by atoms with Crippen LogP contribution in [0.1, 0.15) is 12.8 Å². The third-order valence-corrected chi connectivity index (χ3v) is 5.39. The van der Waals surface area contributed by atoms with Gasteiger partial charge in [-0.05, 0) is 31.0 Å². The average Bonchev–Trinajstić information content (AvgIpc) is 2.55. The number of nitrogens with one attached hydrogen (secondary N) is 1. The number of hydrogen-bond acceptors (Lipinski definition) is 5. The first-order valence-corrected chi connectivity index (χ1v) is 8.93. The van der Waals surface area contributed by atoms with Crippen molar-refractivity contribution in [2.75, 3.05) is 18.0 Å². The molecule has 0 atom stereocenters. The Kier molecular flexibility index (Phi) is 4.72. The molecule has 0 radical (unpaired) electrons. The lowest BCUT2D eigenvalue weighted by molar-refractivity contribution is 0.454. The fourth-order valence-corrected chi connectivity index (χ4v) is 3.99. The molecule has 6 nitrogen and oxygen atoms in total. The van der Waals surface area contributed by atoms with Crippen molar-refractivity contribution in [2.45, 2.75) is 23.8 Å². The van der Waals surface area contributed by atoms with Gasteiger partial charge in [0.05, 0.1) is 0 Å². The predicted molar refractivity (Wildman–Crippen MR) is 83.9 cm³/mol. The highest BCUT2D eigenvalue weighted by Crippen LogP contribution is 2.20. The monoisotopic (exact) mass is 354 g/mol. The van der Waals surface area contributed by atoms with Gasteiger partial charge in [-0.2, -0.15) is 0 Å². The molecule has 0 spiro atoms. The molecule has 1 aliphatic heterocycles. The fourth-order valence-electron chi connectivity index (χ4n) is 2.63. The van der Waals surface area contributed by atoms with E-state index < -0.39 is 26.6 Å². The Balaban J connectivity index is 1.65. The first kappa shape index (κ1) is 16.7. The summed E-state index contributed by atoms with van der Waals surface area (Å²) in [5.41, 5.74) is 0. The van der Waals surface area contributed by atoms with E-state index in [9.17, 15) is 17.2 Å². The molecular weight excluding hydrogens is 338 g/mol. The van der Waals surface area contributed by atoms with Crippen LogP contribution in [-0.4, -0.2) is 37.5 Å². The molecular formula is C15H16F2N4O2S. The van der Waals surface area contributed by atoms with Crippen LogP contribution in [0.15, 0.2) is 41.6 Å². The molecule has 2 heterocycles. The molecule has 1 N–H and O–H groups in total. The molecule has 3 rings (SSSR count). The van der Waals surface area contributed by atoms with E-state index in [4.69, 9.17) is 0 Å². The fraction of sp³-hybridized carbons (Fsp3) is 0.333. The zero-order chi connectivity index (χ0) is 17.2. The van der Waals surface area contributed by atoms with E-state index in [0.29, 0.717) is 37.9 Å². The molecule has 9 heteroatoms. The number of sulfonamides is 1. The van der Waals surface area contributed by atoms with Gasteiger partial charge < -0.3 is 4.90 Å². The highest BCUT2D eigenvalue weighted by Gasteiger charge is 2.27. The van der Waals surface area contributed by atoms with E-state index in [1.165, 1.54) is 0 Å². The van der Waals surface area contributed by atoms with Gasteiger partial charge in [0, 0.05) is 37.6 Å². The second-order valence-corrected chi connectivity index (χ2v) is 7.19. The maximum absolute atomic E-state index is 13.7. The smallest absolute Gasteiger partial charge is 0.243 e. The number of hydrogen-bond donors (Lipinski definition) is 1. The summed E-state index contributed by atoms with van der Waals surface area (Å²) < 4.78 is 53.7. The molecule has 2 aromatic rings. The van der Waals surface area contributed by atoms with Crippen LogP contribution >= 0.6 is 0 Å². The Labute approximate surface area is 138 Å². The summed E-state index contributed by atoms with van der Waals surface area (Å²) in [6, 6.07) is 3.82. The number of piperidine rings is 1. The molecule has 1 fully saturated rings. The minimum atomic E-state index is -4.03. The summed E-state index contributed by atoms with van der Waals surface area (Å²) in [4.78, 5) is 9.74. The van der Waals surface area contributed by atoms with Crippen LogP contribution in [0.25, 0.3) is 0 Å². The number of rotatable bonds is 4. The molecule has 0 bridgehead atoms. The van der Waals surface area contributed by atoms with E-state index in [-0.39, 0.29) is 6.04 Å². The van der Waals surface area contributed by atoms with Gasteiger partial charge in [-0.3, -0.25) is 0 Å². The standard InChI is InChI=1S/C15H16F2N4O2S/c16-11-2-3-14(13(17)10-11)24(22,23)20-12-4-8-21(9-5-12)15-18-6-1-7-19-15/h1-3,6-7,10,12,20H,4-5,8-9H2. The Morgan fingerprint density at radius 1 is 1.12 bits per heavy atom. The first-order chi connectivity index (χ1) is 11.5. The van der Waals surface area contributed by atoms with Gasteiger partial charge in [0.15, 0.2) is 0 Å². The van der Waals surface area contributed by atoms with Crippen molar-refractivity contribution in [3.05, 3.63) is 48.3 Å². The Morgan fingerprint density at radius 2 is 1.79 bits per heavy atom. The number of nitrogens with zero attached hydrogens (tertiary/aromatic N) is 3. The molecule has 24 heavy (non-hydrogen) atoms. The molecule has 128 valence electrons. The Hall–Kier alpha value is -2.13. The summed E-state index contributed by atoms with van der Waals surface area (Å²) in [5, 5.41) is 0. The largest absolute Gasteiger partial charge is 0.341 e. The van der Waals surface area contributed by atoms with E-state index in [0.717, 1.165) is 12.1 Å². The SMILES string of the molecule is O=S(=O)(NC1CCN(c2ncccn2)CC1)c1ccc(F)cc1F. The zero-order valence-corrected chi connectivity index (χ0v) is 13.5. The van der Waals surface area contributed by atoms with Crippen molar-refractivity contribution in [1.82, 2.24) is 14.7 Å². The number of benzene rings is 1. The third kappa shape index (κ3) is 3.68. The zero-order valence-electron chi connectivity index (χ0n) is 12.7. The lowest BCUT2D eigenvalue weighted by Gasteiger charge is -2.32. The molecule has 1 saturated heterocycles. The van der Waals surface area contributed by atoms with Crippen LogP contribution in [-0.2, 0) is 10.0 Å². The van der Waals surface area contributed by atoms with E-state index in [2.05, 4.69) is 14.7 Å². The summed E-state index contributed by atoms with van der Waals surface area (Å²) in [5.74, 6) is -1.32. The highest BCUT2D eigenvalue weighted by molar-refractivity contribution is 7.89. The summed E-state index contributed by atoms with van der Waals surface area (Å²) in [6.07, 6.45) is 4.38. The van der Waals surface area contributed by atoms with Gasteiger partial charge in [-0.15, -0.1) is 0 Å². The third-order valence-electron chi connectivity index (χ3n) is 3.84. The van der Waals surface area contributed by atoms with Crippen LogP contribution in [0.2, 0.25) is 0 Å². The minimum Gasteiger partial charge on any atom is -0.341 e. The lowest BCUT2D eigenvalue weighted by atomic mass is 10.1. The van der Waals surface area contributed by atoms with Crippen molar-refractivity contribution in [1.29, 1.82) is 0 Å². The van der Waals surface area contributed by atoms with Crippen LogP contribution in [0.4, 0.5) is 14.7 Å². The van der Waals surface area contributed by atoms with Crippen molar-refractivity contribution < 1.29 is 17.2 Å². The highest BCUT2D eigenvalue weighted by atomic mass is 32.2. The Morgan fingerprint density at radius 3 is 2.42 bits per heavy atom.